The minimum Gasteiger partial charge on any atom is -0.504 e. The highest BCUT2D eigenvalue weighted by Gasteiger charge is 2.17. The van der Waals surface area contributed by atoms with E-state index in [2.05, 4.69) is 26.2 Å². The number of carbonyl (C=O) groups is 1. The van der Waals surface area contributed by atoms with Gasteiger partial charge >= 0.3 is 0 Å². The van der Waals surface area contributed by atoms with E-state index >= 15 is 0 Å². The van der Waals surface area contributed by atoms with E-state index in [1.54, 1.807) is 0 Å². The zero-order valence-electron chi connectivity index (χ0n) is 10.1. The minimum absolute atomic E-state index is 0.146. The molecular formula is C13H10BrFN2O3. The van der Waals surface area contributed by atoms with Crippen molar-refractivity contribution in [2.45, 2.75) is 6.54 Å². The highest BCUT2D eigenvalue weighted by atomic mass is 79.9. The van der Waals surface area contributed by atoms with Crippen molar-refractivity contribution in [3.63, 3.8) is 0 Å². The average molecular weight is 341 g/mol. The van der Waals surface area contributed by atoms with Gasteiger partial charge in [0.25, 0.3) is 5.91 Å². The smallest absolute Gasteiger partial charge is 0.274 e. The van der Waals surface area contributed by atoms with Crippen molar-refractivity contribution in [2.75, 3.05) is 0 Å². The lowest BCUT2D eigenvalue weighted by Gasteiger charge is -2.08. The normalized spacial score (nSPS) is 10.3. The fraction of sp³-hybridized carbons (Fsp3) is 0.0769. The summed E-state index contributed by atoms with van der Waals surface area (Å²) in [7, 11) is 0. The topological polar surface area (TPSA) is 82.5 Å². The van der Waals surface area contributed by atoms with E-state index in [0.29, 0.717) is 5.56 Å². The number of carbonyl (C=O) groups excluding carboxylic acids is 1. The van der Waals surface area contributed by atoms with Crippen LogP contribution in [0.2, 0.25) is 0 Å². The number of amides is 1. The Morgan fingerprint density at radius 1 is 1.30 bits per heavy atom. The fourth-order valence-corrected chi connectivity index (χ4v) is 1.92. The van der Waals surface area contributed by atoms with Crippen molar-refractivity contribution in [1.29, 1.82) is 0 Å². The summed E-state index contributed by atoms with van der Waals surface area (Å²) in [6.07, 6.45) is 0. The molecule has 0 unspecified atom stereocenters. The first-order valence-corrected chi connectivity index (χ1v) is 6.38. The molecule has 0 aliphatic carbocycles. The van der Waals surface area contributed by atoms with Gasteiger partial charge in [0.05, 0.1) is 0 Å². The summed E-state index contributed by atoms with van der Waals surface area (Å²) < 4.78 is 13.0. The Labute approximate surface area is 122 Å². The predicted molar refractivity (Wildman–Crippen MR) is 72.8 cm³/mol. The van der Waals surface area contributed by atoms with Crippen LogP contribution >= 0.6 is 15.9 Å². The van der Waals surface area contributed by atoms with Crippen LogP contribution in [0, 0.1) is 5.82 Å². The number of benzene rings is 1. The molecule has 1 heterocycles. The second-order valence-corrected chi connectivity index (χ2v) is 4.78. The standard InChI is InChI=1S/C13H10BrFN2O3/c14-10-5-9(18)12(19)11(17-10)13(20)16-6-7-1-3-8(15)4-2-7/h1-5,19H,6H2,(H,16,20)(H,17,18). The Morgan fingerprint density at radius 2 is 1.95 bits per heavy atom. The third-order valence-electron chi connectivity index (χ3n) is 2.52. The van der Waals surface area contributed by atoms with Crippen LogP contribution in [-0.4, -0.2) is 21.1 Å². The Bertz CT molecular complexity index is 647. The van der Waals surface area contributed by atoms with Gasteiger partial charge in [-0.3, -0.25) is 4.79 Å². The van der Waals surface area contributed by atoms with E-state index in [4.69, 9.17) is 0 Å². The first-order chi connectivity index (χ1) is 9.47. The van der Waals surface area contributed by atoms with Gasteiger partial charge in [0.15, 0.2) is 17.2 Å². The van der Waals surface area contributed by atoms with Crippen molar-refractivity contribution in [1.82, 2.24) is 10.3 Å². The first-order valence-electron chi connectivity index (χ1n) is 5.58. The molecule has 0 bridgehead atoms. The number of rotatable bonds is 3. The minimum atomic E-state index is -0.650. The zero-order valence-corrected chi connectivity index (χ0v) is 11.7. The van der Waals surface area contributed by atoms with Crippen LogP contribution in [0.4, 0.5) is 4.39 Å². The Kier molecular flexibility index (Phi) is 4.19. The lowest BCUT2D eigenvalue weighted by atomic mass is 10.2. The molecule has 1 aromatic carbocycles. The van der Waals surface area contributed by atoms with E-state index in [-0.39, 0.29) is 22.7 Å². The molecule has 0 radical (unpaired) electrons. The van der Waals surface area contributed by atoms with Crippen LogP contribution in [0.1, 0.15) is 16.1 Å². The molecule has 2 aromatic rings. The van der Waals surface area contributed by atoms with Gasteiger partial charge in [-0.25, -0.2) is 9.37 Å². The third kappa shape index (κ3) is 3.24. The highest BCUT2D eigenvalue weighted by Crippen LogP contribution is 2.29. The molecule has 0 saturated heterocycles. The highest BCUT2D eigenvalue weighted by molar-refractivity contribution is 9.10. The maximum absolute atomic E-state index is 12.7. The number of hydrogen-bond donors (Lipinski definition) is 3. The van der Waals surface area contributed by atoms with Crippen molar-refractivity contribution in [2.24, 2.45) is 0 Å². The lowest BCUT2D eigenvalue weighted by molar-refractivity contribution is 0.0942. The summed E-state index contributed by atoms with van der Waals surface area (Å²) in [4.78, 5) is 15.7. The number of hydrogen-bond acceptors (Lipinski definition) is 4. The maximum Gasteiger partial charge on any atom is 0.274 e. The molecular weight excluding hydrogens is 331 g/mol. The van der Waals surface area contributed by atoms with Gasteiger partial charge in [-0.1, -0.05) is 12.1 Å². The number of nitrogens with one attached hydrogen (secondary N) is 1. The van der Waals surface area contributed by atoms with Gasteiger partial charge in [-0.15, -0.1) is 0 Å². The number of aromatic nitrogens is 1. The largest absolute Gasteiger partial charge is 0.504 e. The van der Waals surface area contributed by atoms with E-state index in [1.165, 1.54) is 30.3 Å². The Hall–Kier alpha value is -2.15. The third-order valence-corrected chi connectivity index (χ3v) is 2.93. The van der Waals surface area contributed by atoms with Crippen LogP contribution in [0.3, 0.4) is 0 Å². The van der Waals surface area contributed by atoms with Crippen molar-refractivity contribution >= 4 is 21.8 Å². The van der Waals surface area contributed by atoms with E-state index in [9.17, 15) is 19.4 Å². The quantitative estimate of drug-likeness (QED) is 0.749. The second-order valence-electron chi connectivity index (χ2n) is 3.97. The molecule has 0 saturated carbocycles. The molecule has 5 nitrogen and oxygen atoms in total. The van der Waals surface area contributed by atoms with Gasteiger partial charge < -0.3 is 15.5 Å². The SMILES string of the molecule is O=C(NCc1ccc(F)cc1)c1nc(Br)cc(O)c1O. The average Bonchev–Trinajstić information content (AvgIpc) is 2.42. The molecule has 104 valence electrons. The number of halogens is 2. The molecule has 1 aromatic heterocycles. The van der Waals surface area contributed by atoms with Crippen LogP contribution in [-0.2, 0) is 6.54 Å². The molecule has 0 spiro atoms. The van der Waals surface area contributed by atoms with E-state index in [0.717, 1.165) is 0 Å². The summed E-state index contributed by atoms with van der Waals surface area (Å²) in [6, 6.07) is 6.79. The Balaban J connectivity index is 2.11. The molecule has 2 rings (SSSR count). The molecule has 3 N–H and O–H groups in total. The second kappa shape index (κ2) is 5.87. The van der Waals surface area contributed by atoms with Gasteiger partial charge in [0, 0.05) is 12.6 Å². The summed E-state index contributed by atoms with van der Waals surface area (Å²) in [5.41, 5.74) is 0.400. The molecule has 1 amide bonds. The van der Waals surface area contributed by atoms with Gasteiger partial charge in [0.2, 0.25) is 0 Å². The Morgan fingerprint density at radius 3 is 2.60 bits per heavy atom. The van der Waals surface area contributed by atoms with Gasteiger partial charge in [-0.05, 0) is 33.6 Å². The van der Waals surface area contributed by atoms with Crippen LogP contribution in [0.25, 0.3) is 0 Å². The molecule has 0 aliphatic heterocycles. The lowest BCUT2D eigenvalue weighted by Crippen LogP contribution is -2.24. The van der Waals surface area contributed by atoms with Gasteiger partial charge in [0.1, 0.15) is 10.4 Å². The number of pyridine rings is 1. The monoisotopic (exact) mass is 340 g/mol. The van der Waals surface area contributed by atoms with E-state index < -0.39 is 17.4 Å². The molecule has 7 heteroatoms. The summed E-state index contributed by atoms with van der Waals surface area (Å²) in [5.74, 6) is -2.05. The van der Waals surface area contributed by atoms with E-state index in [1.807, 2.05) is 0 Å². The predicted octanol–water partition coefficient (Wildman–Crippen LogP) is 2.32. The van der Waals surface area contributed by atoms with Crippen LogP contribution < -0.4 is 5.32 Å². The molecule has 0 aliphatic rings. The summed E-state index contributed by atoms with van der Waals surface area (Å²) in [6.45, 7) is 0.146. The van der Waals surface area contributed by atoms with Crippen LogP contribution in [0.5, 0.6) is 11.5 Å². The molecule has 20 heavy (non-hydrogen) atoms. The summed E-state index contributed by atoms with van der Waals surface area (Å²) in [5, 5.41) is 21.5. The fourth-order valence-electron chi connectivity index (χ4n) is 1.52. The van der Waals surface area contributed by atoms with Crippen molar-refractivity contribution in [3.8, 4) is 11.5 Å². The summed E-state index contributed by atoms with van der Waals surface area (Å²) >= 11 is 3.02. The van der Waals surface area contributed by atoms with Crippen molar-refractivity contribution in [3.05, 3.63) is 52.0 Å². The molecule has 0 atom stereocenters. The zero-order chi connectivity index (χ0) is 14.7. The maximum atomic E-state index is 12.7. The molecule has 0 fully saturated rings. The van der Waals surface area contributed by atoms with Crippen LogP contribution in [0.15, 0.2) is 34.9 Å². The number of aromatic hydroxyl groups is 2. The van der Waals surface area contributed by atoms with Gasteiger partial charge in [-0.2, -0.15) is 0 Å². The van der Waals surface area contributed by atoms with Crippen molar-refractivity contribution < 1.29 is 19.4 Å². The first kappa shape index (κ1) is 14.3. The number of nitrogens with zero attached hydrogens (tertiary/aromatic N) is 1.